The standard InChI is InChI=1S/C20H17ClN2O3/c1-25-16-4-2-12-6-14(7-13(12)8-16)20(24)23-15-3-5-17(18(21)9-15)19-10-22-11-26-19/h2-5,8-11,14H,6-7H2,1H3,(H,23,24). The van der Waals surface area contributed by atoms with Crippen LogP contribution in [0.5, 0.6) is 5.75 Å². The number of ether oxygens (including phenoxy) is 1. The number of nitrogens with one attached hydrogen (secondary N) is 1. The second-order valence-electron chi connectivity index (χ2n) is 6.29. The summed E-state index contributed by atoms with van der Waals surface area (Å²) in [5, 5.41) is 3.46. The summed E-state index contributed by atoms with van der Waals surface area (Å²) >= 11 is 6.32. The summed E-state index contributed by atoms with van der Waals surface area (Å²) in [5.74, 6) is 1.31. The molecule has 1 aliphatic carbocycles. The number of nitrogens with zero attached hydrogens (tertiary/aromatic N) is 1. The zero-order valence-corrected chi connectivity index (χ0v) is 14.9. The second-order valence-corrected chi connectivity index (χ2v) is 6.70. The fourth-order valence-electron chi connectivity index (χ4n) is 3.29. The van der Waals surface area contributed by atoms with Gasteiger partial charge in [0.2, 0.25) is 5.91 Å². The summed E-state index contributed by atoms with van der Waals surface area (Å²) in [6.07, 6.45) is 4.40. The average molecular weight is 369 g/mol. The van der Waals surface area contributed by atoms with Crippen molar-refractivity contribution in [1.82, 2.24) is 4.98 Å². The molecule has 0 saturated heterocycles. The number of methoxy groups -OCH3 is 1. The molecule has 5 nitrogen and oxygen atoms in total. The van der Waals surface area contributed by atoms with E-state index in [1.165, 1.54) is 17.5 Å². The van der Waals surface area contributed by atoms with Crippen LogP contribution in [0.3, 0.4) is 0 Å². The van der Waals surface area contributed by atoms with Gasteiger partial charge < -0.3 is 14.5 Å². The van der Waals surface area contributed by atoms with E-state index in [9.17, 15) is 4.79 Å². The summed E-state index contributed by atoms with van der Waals surface area (Å²) in [4.78, 5) is 16.5. The third-order valence-corrected chi connectivity index (χ3v) is 4.96. The number of oxazole rings is 1. The quantitative estimate of drug-likeness (QED) is 0.743. The normalized spacial score (nSPS) is 15.5. The van der Waals surface area contributed by atoms with Gasteiger partial charge in [-0.1, -0.05) is 17.7 Å². The van der Waals surface area contributed by atoms with Crippen LogP contribution in [0, 0.1) is 5.92 Å². The SMILES string of the molecule is COc1ccc2c(c1)CC(C(=O)Nc1ccc(-c3cnco3)c(Cl)c1)C2. The van der Waals surface area contributed by atoms with Gasteiger partial charge in [0.15, 0.2) is 12.2 Å². The van der Waals surface area contributed by atoms with Gasteiger partial charge in [0, 0.05) is 17.2 Å². The Bertz CT molecular complexity index is 954. The van der Waals surface area contributed by atoms with Crippen molar-refractivity contribution in [3.05, 3.63) is 65.1 Å². The first-order valence-electron chi connectivity index (χ1n) is 8.29. The number of benzene rings is 2. The van der Waals surface area contributed by atoms with E-state index in [1.807, 2.05) is 30.3 Å². The molecule has 0 radical (unpaired) electrons. The zero-order chi connectivity index (χ0) is 18.1. The molecule has 1 unspecified atom stereocenters. The minimum Gasteiger partial charge on any atom is -0.497 e. The molecular formula is C20H17ClN2O3. The van der Waals surface area contributed by atoms with E-state index in [4.69, 9.17) is 20.8 Å². The number of hydrogen-bond acceptors (Lipinski definition) is 4. The van der Waals surface area contributed by atoms with Crippen LogP contribution in [-0.2, 0) is 17.6 Å². The summed E-state index contributed by atoms with van der Waals surface area (Å²) in [5.41, 5.74) is 3.77. The van der Waals surface area contributed by atoms with E-state index in [0.717, 1.165) is 17.7 Å². The number of fused-ring (bicyclic) bond motifs is 1. The molecule has 1 atom stereocenters. The summed E-state index contributed by atoms with van der Waals surface area (Å²) < 4.78 is 10.5. The number of anilines is 1. The van der Waals surface area contributed by atoms with Crippen molar-refractivity contribution >= 4 is 23.2 Å². The smallest absolute Gasteiger partial charge is 0.228 e. The lowest BCUT2D eigenvalue weighted by Gasteiger charge is -2.11. The third-order valence-electron chi connectivity index (χ3n) is 4.65. The Balaban J connectivity index is 1.46. The summed E-state index contributed by atoms with van der Waals surface area (Å²) in [6.45, 7) is 0. The number of carbonyl (C=O) groups excluding carboxylic acids is 1. The fourth-order valence-corrected chi connectivity index (χ4v) is 3.57. The van der Waals surface area contributed by atoms with Crippen LogP contribution in [0.4, 0.5) is 5.69 Å². The van der Waals surface area contributed by atoms with Crippen LogP contribution >= 0.6 is 11.6 Å². The molecule has 0 saturated carbocycles. The lowest BCUT2D eigenvalue weighted by atomic mass is 10.1. The maximum atomic E-state index is 12.6. The summed E-state index contributed by atoms with van der Waals surface area (Å²) in [6, 6.07) is 11.3. The number of amides is 1. The van der Waals surface area contributed by atoms with Gasteiger partial charge in [0.25, 0.3) is 0 Å². The van der Waals surface area contributed by atoms with E-state index in [0.29, 0.717) is 22.9 Å². The van der Waals surface area contributed by atoms with Crippen molar-refractivity contribution in [3.8, 4) is 17.1 Å². The van der Waals surface area contributed by atoms with Gasteiger partial charge in [0.1, 0.15) is 5.75 Å². The number of aromatic nitrogens is 1. The third kappa shape index (κ3) is 3.18. The molecule has 1 amide bonds. The highest BCUT2D eigenvalue weighted by Crippen LogP contribution is 2.32. The average Bonchev–Trinajstić information content (AvgIpc) is 3.30. The molecule has 1 heterocycles. The van der Waals surface area contributed by atoms with E-state index in [1.54, 1.807) is 19.4 Å². The predicted octanol–water partition coefficient (Wildman–Crippen LogP) is 4.36. The van der Waals surface area contributed by atoms with Gasteiger partial charge >= 0.3 is 0 Å². The van der Waals surface area contributed by atoms with E-state index < -0.39 is 0 Å². The molecule has 1 aliphatic rings. The molecule has 0 bridgehead atoms. The highest BCUT2D eigenvalue weighted by atomic mass is 35.5. The zero-order valence-electron chi connectivity index (χ0n) is 14.2. The molecule has 3 aromatic rings. The van der Waals surface area contributed by atoms with Gasteiger partial charge in [-0.15, -0.1) is 0 Å². The van der Waals surface area contributed by atoms with Gasteiger partial charge in [-0.05, 0) is 54.3 Å². The Morgan fingerprint density at radius 2 is 2.08 bits per heavy atom. The summed E-state index contributed by atoms with van der Waals surface area (Å²) in [7, 11) is 1.65. The Kier molecular flexibility index (Phi) is 4.39. The molecule has 1 aromatic heterocycles. The second kappa shape index (κ2) is 6.84. The monoisotopic (exact) mass is 368 g/mol. The number of rotatable bonds is 4. The highest BCUT2D eigenvalue weighted by molar-refractivity contribution is 6.33. The largest absolute Gasteiger partial charge is 0.497 e. The number of hydrogen-bond donors (Lipinski definition) is 1. The predicted molar refractivity (Wildman–Crippen MR) is 99.5 cm³/mol. The molecular weight excluding hydrogens is 352 g/mol. The van der Waals surface area contributed by atoms with Crippen LogP contribution in [0.2, 0.25) is 5.02 Å². The van der Waals surface area contributed by atoms with Crippen molar-refractivity contribution in [3.63, 3.8) is 0 Å². The molecule has 1 N–H and O–H groups in total. The first-order chi connectivity index (χ1) is 12.6. The lowest BCUT2D eigenvalue weighted by Crippen LogP contribution is -2.23. The van der Waals surface area contributed by atoms with Crippen molar-refractivity contribution in [2.45, 2.75) is 12.8 Å². The van der Waals surface area contributed by atoms with Gasteiger partial charge in [-0.2, -0.15) is 0 Å². The van der Waals surface area contributed by atoms with Crippen LogP contribution in [0.25, 0.3) is 11.3 Å². The van der Waals surface area contributed by atoms with Gasteiger partial charge in [-0.25, -0.2) is 4.98 Å². The Morgan fingerprint density at radius 1 is 1.23 bits per heavy atom. The molecule has 26 heavy (non-hydrogen) atoms. The molecule has 0 aliphatic heterocycles. The van der Waals surface area contributed by atoms with E-state index in [-0.39, 0.29) is 11.8 Å². The number of carbonyl (C=O) groups is 1. The van der Waals surface area contributed by atoms with Crippen LogP contribution in [0.1, 0.15) is 11.1 Å². The number of halogens is 1. The maximum Gasteiger partial charge on any atom is 0.228 e. The minimum absolute atomic E-state index is 0.0105. The molecule has 6 heteroatoms. The van der Waals surface area contributed by atoms with Crippen molar-refractivity contribution < 1.29 is 13.9 Å². The van der Waals surface area contributed by atoms with Crippen LogP contribution < -0.4 is 10.1 Å². The van der Waals surface area contributed by atoms with Crippen LogP contribution in [0.15, 0.2) is 53.4 Å². The molecule has 132 valence electrons. The lowest BCUT2D eigenvalue weighted by molar-refractivity contribution is -0.119. The highest BCUT2D eigenvalue weighted by Gasteiger charge is 2.28. The molecule has 0 spiro atoms. The molecule has 0 fully saturated rings. The fraction of sp³-hybridized carbons (Fsp3) is 0.200. The Labute approximate surface area is 156 Å². The Hall–Kier alpha value is -2.79. The van der Waals surface area contributed by atoms with Gasteiger partial charge in [-0.3, -0.25) is 4.79 Å². The van der Waals surface area contributed by atoms with Crippen molar-refractivity contribution in [2.75, 3.05) is 12.4 Å². The first-order valence-corrected chi connectivity index (χ1v) is 8.67. The Morgan fingerprint density at radius 3 is 2.81 bits per heavy atom. The van der Waals surface area contributed by atoms with Gasteiger partial charge in [0.05, 0.1) is 18.3 Å². The topological polar surface area (TPSA) is 64.4 Å². The van der Waals surface area contributed by atoms with Crippen LogP contribution in [-0.4, -0.2) is 18.0 Å². The van der Waals surface area contributed by atoms with E-state index in [2.05, 4.69) is 10.3 Å². The first kappa shape index (κ1) is 16.7. The van der Waals surface area contributed by atoms with Crippen molar-refractivity contribution in [1.29, 1.82) is 0 Å². The maximum absolute atomic E-state index is 12.6. The molecule has 4 rings (SSSR count). The van der Waals surface area contributed by atoms with E-state index >= 15 is 0 Å². The minimum atomic E-state index is -0.0927. The van der Waals surface area contributed by atoms with Crippen molar-refractivity contribution in [2.24, 2.45) is 5.92 Å². The molecule has 2 aromatic carbocycles.